The molecule has 0 aromatic heterocycles. The van der Waals surface area contributed by atoms with Crippen LogP contribution in [0.4, 0.5) is 5.69 Å². The molecule has 0 radical (unpaired) electrons. The van der Waals surface area contributed by atoms with Gasteiger partial charge in [-0.15, -0.1) is 0 Å². The number of rotatable bonds is 13. The van der Waals surface area contributed by atoms with Gasteiger partial charge in [-0.3, -0.25) is 4.79 Å². The summed E-state index contributed by atoms with van der Waals surface area (Å²) in [4.78, 5) is 24.5. The summed E-state index contributed by atoms with van der Waals surface area (Å²) in [5, 5.41) is 18.6. The van der Waals surface area contributed by atoms with Gasteiger partial charge in [0, 0.05) is 24.9 Å². The van der Waals surface area contributed by atoms with Crippen LogP contribution < -0.4 is 19.1 Å². The number of aryl methyl sites for hydroxylation is 1. The van der Waals surface area contributed by atoms with Gasteiger partial charge in [0.25, 0.3) is 0 Å². The lowest BCUT2D eigenvalue weighted by Crippen LogP contribution is -2.45. The first-order valence-electron chi connectivity index (χ1n) is 13.0. The fourth-order valence-corrected chi connectivity index (χ4v) is 4.30. The van der Waals surface area contributed by atoms with Crippen molar-refractivity contribution in [3.8, 4) is 17.2 Å². The van der Waals surface area contributed by atoms with Crippen LogP contribution in [0.15, 0.2) is 66.7 Å². The Morgan fingerprint density at radius 1 is 0.949 bits per heavy atom. The van der Waals surface area contributed by atoms with E-state index in [4.69, 9.17) is 19.3 Å². The summed E-state index contributed by atoms with van der Waals surface area (Å²) in [6, 6.07) is 21.3. The van der Waals surface area contributed by atoms with E-state index >= 15 is 0 Å². The molecular formula is C31H33NO7. The molecule has 0 fully saturated rings. The average Bonchev–Trinajstić information content (AvgIpc) is 2.93. The Morgan fingerprint density at radius 3 is 2.46 bits per heavy atom. The van der Waals surface area contributed by atoms with E-state index < -0.39 is 18.0 Å². The van der Waals surface area contributed by atoms with E-state index in [2.05, 4.69) is 0 Å². The van der Waals surface area contributed by atoms with Crippen molar-refractivity contribution in [2.75, 3.05) is 31.2 Å². The third kappa shape index (κ3) is 7.77. The predicted molar refractivity (Wildman–Crippen MR) is 150 cm³/mol. The Labute approximate surface area is 228 Å². The molecule has 4 rings (SSSR count). The number of aliphatic carboxylic acids is 2. The number of nitrogens with zero attached hydrogens (tertiary/aromatic N) is 1. The molecule has 1 atom stereocenters. The molecule has 204 valence electrons. The van der Waals surface area contributed by atoms with Gasteiger partial charge in [0.05, 0.1) is 25.4 Å². The lowest BCUT2D eigenvalue weighted by atomic mass is 10.1. The quantitative estimate of drug-likeness (QED) is 0.219. The molecule has 0 bridgehead atoms. The Hall–Kier alpha value is -4.46. The van der Waals surface area contributed by atoms with Gasteiger partial charge in [0.1, 0.15) is 11.5 Å². The number of carboxylic acid groups (broad SMARTS) is 2. The van der Waals surface area contributed by atoms with E-state index in [1.807, 2.05) is 90.7 Å². The Bertz CT molecular complexity index is 1300. The molecule has 8 nitrogen and oxygen atoms in total. The maximum absolute atomic E-state index is 11.7. The Kier molecular flexibility index (Phi) is 9.45. The molecule has 1 unspecified atom stereocenters. The van der Waals surface area contributed by atoms with Crippen LogP contribution in [0.25, 0.3) is 12.2 Å². The minimum Gasteiger partial charge on any atom is -0.493 e. The zero-order valence-electron chi connectivity index (χ0n) is 21.9. The SMILES string of the molecule is Cc1ccccc1OCCCOc1ccc(/C=C/c2cccc3c2OC(C(=O)O)CN3CCCC(=O)O)cc1. The first kappa shape index (κ1) is 27.6. The number of ether oxygens (including phenoxy) is 3. The average molecular weight is 532 g/mol. The summed E-state index contributed by atoms with van der Waals surface area (Å²) in [7, 11) is 0. The number of hydrogen-bond donors (Lipinski definition) is 2. The highest BCUT2D eigenvalue weighted by Gasteiger charge is 2.31. The second kappa shape index (κ2) is 13.4. The van der Waals surface area contributed by atoms with Crippen LogP contribution in [0.2, 0.25) is 0 Å². The molecule has 3 aromatic carbocycles. The maximum atomic E-state index is 11.7. The minimum atomic E-state index is -1.06. The predicted octanol–water partition coefficient (Wildman–Crippen LogP) is 5.53. The topological polar surface area (TPSA) is 106 Å². The second-order valence-electron chi connectivity index (χ2n) is 9.30. The number of hydrogen-bond acceptors (Lipinski definition) is 6. The van der Waals surface area contributed by atoms with E-state index in [9.17, 15) is 14.7 Å². The lowest BCUT2D eigenvalue weighted by molar-refractivity contribution is -0.145. The smallest absolute Gasteiger partial charge is 0.346 e. The molecule has 2 N–H and O–H groups in total. The molecule has 39 heavy (non-hydrogen) atoms. The maximum Gasteiger partial charge on any atom is 0.346 e. The third-order valence-electron chi connectivity index (χ3n) is 6.35. The van der Waals surface area contributed by atoms with Crippen LogP contribution in [0, 0.1) is 6.92 Å². The summed E-state index contributed by atoms with van der Waals surface area (Å²) in [6.45, 7) is 3.73. The molecule has 0 saturated carbocycles. The molecule has 1 aliphatic rings. The normalized spacial score (nSPS) is 14.5. The summed E-state index contributed by atoms with van der Waals surface area (Å²) in [6.07, 6.45) is 3.98. The summed E-state index contributed by atoms with van der Waals surface area (Å²) < 4.78 is 17.5. The lowest BCUT2D eigenvalue weighted by Gasteiger charge is -2.35. The van der Waals surface area contributed by atoms with Crippen molar-refractivity contribution < 1.29 is 34.0 Å². The van der Waals surface area contributed by atoms with Crippen LogP contribution in [-0.2, 0) is 9.59 Å². The van der Waals surface area contributed by atoms with Crippen molar-refractivity contribution in [2.24, 2.45) is 0 Å². The summed E-state index contributed by atoms with van der Waals surface area (Å²) >= 11 is 0. The largest absolute Gasteiger partial charge is 0.493 e. The van der Waals surface area contributed by atoms with Gasteiger partial charge in [-0.05, 0) is 48.7 Å². The fraction of sp³-hybridized carbons (Fsp3) is 0.290. The summed E-state index contributed by atoms with van der Waals surface area (Å²) in [5.41, 5.74) is 3.57. The number of carboxylic acids is 2. The van der Waals surface area contributed by atoms with Gasteiger partial charge in [0.15, 0.2) is 5.75 Å². The van der Waals surface area contributed by atoms with E-state index in [1.54, 1.807) is 0 Å². The van der Waals surface area contributed by atoms with E-state index in [-0.39, 0.29) is 13.0 Å². The van der Waals surface area contributed by atoms with Crippen molar-refractivity contribution in [1.82, 2.24) is 0 Å². The summed E-state index contributed by atoms with van der Waals surface area (Å²) in [5.74, 6) is 0.210. The van der Waals surface area contributed by atoms with Crippen LogP contribution in [0.1, 0.15) is 36.0 Å². The fourth-order valence-electron chi connectivity index (χ4n) is 4.30. The van der Waals surface area contributed by atoms with Crippen molar-refractivity contribution >= 4 is 29.8 Å². The van der Waals surface area contributed by atoms with Crippen molar-refractivity contribution in [1.29, 1.82) is 0 Å². The highest BCUT2D eigenvalue weighted by Crippen LogP contribution is 2.38. The Balaban J connectivity index is 1.35. The number of carbonyl (C=O) groups is 2. The molecular weight excluding hydrogens is 498 g/mol. The molecule has 0 aliphatic carbocycles. The molecule has 0 saturated heterocycles. The molecule has 1 aliphatic heterocycles. The zero-order chi connectivity index (χ0) is 27.6. The van der Waals surface area contributed by atoms with Crippen LogP contribution >= 0.6 is 0 Å². The van der Waals surface area contributed by atoms with E-state index in [0.29, 0.717) is 31.9 Å². The zero-order valence-corrected chi connectivity index (χ0v) is 21.9. The number of anilines is 1. The first-order chi connectivity index (χ1) is 18.9. The van der Waals surface area contributed by atoms with E-state index in [0.717, 1.165) is 40.3 Å². The van der Waals surface area contributed by atoms with Crippen LogP contribution in [0.5, 0.6) is 17.2 Å². The van der Waals surface area contributed by atoms with Crippen LogP contribution in [0.3, 0.4) is 0 Å². The molecule has 3 aromatic rings. The van der Waals surface area contributed by atoms with E-state index in [1.165, 1.54) is 0 Å². The molecule has 0 amide bonds. The number of para-hydroxylation sites is 2. The minimum absolute atomic E-state index is 0.0187. The van der Waals surface area contributed by atoms with Gasteiger partial charge in [-0.1, -0.05) is 54.6 Å². The van der Waals surface area contributed by atoms with Gasteiger partial charge >= 0.3 is 11.9 Å². The molecule has 0 spiro atoms. The van der Waals surface area contributed by atoms with Gasteiger partial charge in [-0.2, -0.15) is 0 Å². The molecule has 1 heterocycles. The highest BCUT2D eigenvalue weighted by molar-refractivity contribution is 5.81. The van der Waals surface area contributed by atoms with Crippen molar-refractivity contribution in [3.63, 3.8) is 0 Å². The standard InChI is InChI=1S/C31H33NO7/c1-22-7-2-3-10-27(22)38-20-6-19-37-25-16-13-23(14-17-25)12-15-24-8-4-9-26-30(24)39-28(31(35)36)21-32(26)18-5-11-29(33)34/h2-4,7-10,12-17,28H,5-6,11,18-21H2,1H3,(H,33,34)(H,35,36)/b15-12+. The monoisotopic (exact) mass is 531 g/mol. The van der Waals surface area contributed by atoms with Crippen molar-refractivity contribution in [3.05, 3.63) is 83.4 Å². The van der Waals surface area contributed by atoms with Crippen LogP contribution in [-0.4, -0.2) is 54.6 Å². The second-order valence-corrected chi connectivity index (χ2v) is 9.30. The molecule has 8 heteroatoms. The van der Waals surface area contributed by atoms with Gasteiger partial charge < -0.3 is 29.3 Å². The van der Waals surface area contributed by atoms with Gasteiger partial charge in [-0.25, -0.2) is 4.79 Å². The highest BCUT2D eigenvalue weighted by atomic mass is 16.5. The van der Waals surface area contributed by atoms with Gasteiger partial charge in [0.2, 0.25) is 6.10 Å². The van der Waals surface area contributed by atoms with Crippen molar-refractivity contribution in [2.45, 2.75) is 32.3 Å². The number of fused-ring (bicyclic) bond motifs is 1. The third-order valence-corrected chi connectivity index (χ3v) is 6.35. The Morgan fingerprint density at radius 2 is 1.72 bits per heavy atom. The number of benzene rings is 3. The first-order valence-corrected chi connectivity index (χ1v) is 13.0.